The van der Waals surface area contributed by atoms with Gasteiger partial charge in [-0.3, -0.25) is 4.79 Å². The molecule has 6 saturated carbocycles. The minimum absolute atomic E-state index is 0.0159. The van der Waals surface area contributed by atoms with Crippen molar-refractivity contribution in [2.45, 2.75) is 87.9 Å². The van der Waals surface area contributed by atoms with E-state index in [0.717, 1.165) is 12.8 Å². The van der Waals surface area contributed by atoms with Gasteiger partial charge < -0.3 is 19.3 Å². The van der Waals surface area contributed by atoms with E-state index in [1.807, 2.05) is 0 Å². The Kier molecular flexibility index (Phi) is 4.72. The average Bonchev–Trinajstić information content (AvgIpc) is 3.27. The summed E-state index contributed by atoms with van der Waals surface area (Å²) in [7, 11) is 0. The highest BCUT2D eigenvalue weighted by molar-refractivity contribution is 5.74. The molecule has 10 heteroatoms. The zero-order chi connectivity index (χ0) is 24.5. The maximum absolute atomic E-state index is 15.6. The van der Waals surface area contributed by atoms with Crippen LogP contribution in [0.15, 0.2) is 0 Å². The van der Waals surface area contributed by atoms with Gasteiger partial charge in [0.25, 0.3) is 0 Å². The van der Waals surface area contributed by atoms with Crippen molar-refractivity contribution in [3.05, 3.63) is 0 Å². The van der Waals surface area contributed by atoms with Crippen LogP contribution in [0.25, 0.3) is 0 Å². The quantitative estimate of drug-likeness (QED) is 0.447. The standard InChI is InChI=1S/C24H31F5O5/c1-11-12(2)17-5-14(11)6-18(17)19(30)34-20-7-13-3-15(8-20)21(16(4-13)9-20)22(25,26)23(31,24(27,28)29)33-10-32-21/h11-18,31H,3-10H2,1-2H3. The van der Waals surface area contributed by atoms with Gasteiger partial charge in [0.15, 0.2) is 6.79 Å². The number of hydrogen-bond acceptors (Lipinski definition) is 5. The van der Waals surface area contributed by atoms with Crippen LogP contribution in [0, 0.1) is 47.3 Å². The van der Waals surface area contributed by atoms with Crippen LogP contribution in [0.5, 0.6) is 0 Å². The van der Waals surface area contributed by atoms with Crippen molar-refractivity contribution in [3.8, 4) is 0 Å². The summed E-state index contributed by atoms with van der Waals surface area (Å²) in [6.07, 6.45) is -2.83. The lowest BCUT2D eigenvalue weighted by Gasteiger charge is -2.67. The van der Waals surface area contributed by atoms with Gasteiger partial charge in [0.1, 0.15) is 11.2 Å². The summed E-state index contributed by atoms with van der Waals surface area (Å²) in [5, 5.41) is 10.1. The number of esters is 1. The molecule has 0 aromatic heterocycles. The molecule has 8 atom stereocenters. The molecule has 7 rings (SSSR count). The van der Waals surface area contributed by atoms with Crippen molar-refractivity contribution < 1.29 is 46.1 Å². The fourth-order valence-electron chi connectivity index (χ4n) is 9.19. The number of rotatable bonds is 2. The first kappa shape index (κ1) is 23.4. The van der Waals surface area contributed by atoms with E-state index in [4.69, 9.17) is 9.47 Å². The Morgan fingerprint density at radius 2 is 1.62 bits per heavy atom. The van der Waals surface area contributed by atoms with Crippen LogP contribution in [0.4, 0.5) is 22.0 Å². The minimum atomic E-state index is -5.69. The van der Waals surface area contributed by atoms with Crippen molar-refractivity contribution >= 4 is 5.97 Å². The Bertz CT molecular complexity index is 873. The third-order valence-electron chi connectivity index (χ3n) is 10.7. The lowest BCUT2D eigenvalue weighted by Crippen LogP contribution is -2.81. The Morgan fingerprint density at radius 3 is 2.18 bits per heavy atom. The van der Waals surface area contributed by atoms with E-state index in [2.05, 4.69) is 18.6 Å². The first-order chi connectivity index (χ1) is 15.7. The summed E-state index contributed by atoms with van der Waals surface area (Å²) >= 11 is 0. The van der Waals surface area contributed by atoms with E-state index in [9.17, 15) is 23.1 Å². The smallest absolute Gasteiger partial charge is 0.449 e. The molecule has 5 nitrogen and oxygen atoms in total. The second-order valence-corrected chi connectivity index (χ2v) is 12.1. The van der Waals surface area contributed by atoms with Crippen molar-refractivity contribution in [2.24, 2.45) is 47.3 Å². The maximum Gasteiger partial charge on any atom is 0.449 e. The van der Waals surface area contributed by atoms with E-state index in [0.29, 0.717) is 24.2 Å². The lowest BCUT2D eigenvalue weighted by molar-refractivity contribution is -0.521. The summed E-state index contributed by atoms with van der Waals surface area (Å²) in [6.45, 7) is 3.30. The van der Waals surface area contributed by atoms with Crippen molar-refractivity contribution in [3.63, 3.8) is 0 Å². The Morgan fingerprint density at radius 1 is 0.971 bits per heavy atom. The van der Waals surface area contributed by atoms with E-state index in [-0.39, 0.29) is 49.4 Å². The molecule has 0 aromatic rings. The zero-order valence-electron chi connectivity index (χ0n) is 19.2. The Balaban J connectivity index is 1.27. The summed E-state index contributed by atoms with van der Waals surface area (Å²) in [4.78, 5) is 13.3. The van der Waals surface area contributed by atoms with Crippen LogP contribution >= 0.6 is 0 Å². The van der Waals surface area contributed by atoms with E-state index in [1.165, 1.54) is 0 Å². The fraction of sp³-hybridized carbons (Fsp3) is 0.958. The number of carbonyl (C=O) groups excluding carboxylic acids is 1. The Labute approximate surface area is 194 Å². The van der Waals surface area contributed by atoms with Gasteiger partial charge in [-0.1, -0.05) is 13.8 Å². The van der Waals surface area contributed by atoms with Crippen molar-refractivity contribution in [2.75, 3.05) is 6.79 Å². The number of halogens is 5. The molecule has 1 saturated heterocycles. The largest absolute Gasteiger partial charge is 0.459 e. The zero-order valence-corrected chi connectivity index (χ0v) is 19.2. The lowest BCUT2D eigenvalue weighted by atomic mass is 9.46. The highest BCUT2D eigenvalue weighted by Crippen LogP contribution is 2.69. The van der Waals surface area contributed by atoms with Crippen LogP contribution in [-0.4, -0.2) is 47.0 Å². The highest BCUT2D eigenvalue weighted by atomic mass is 19.4. The van der Waals surface area contributed by atoms with Gasteiger partial charge >= 0.3 is 23.9 Å². The molecule has 1 N–H and O–H groups in total. The number of fused-ring (bicyclic) bond motifs is 2. The summed E-state index contributed by atoms with van der Waals surface area (Å²) in [6, 6.07) is 0. The molecule has 0 aromatic carbocycles. The maximum atomic E-state index is 15.6. The van der Waals surface area contributed by atoms with Crippen LogP contribution in [0.2, 0.25) is 0 Å². The third-order valence-corrected chi connectivity index (χ3v) is 10.7. The first-order valence-corrected chi connectivity index (χ1v) is 12.4. The molecule has 34 heavy (non-hydrogen) atoms. The second-order valence-electron chi connectivity index (χ2n) is 12.1. The van der Waals surface area contributed by atoms with Crippen molar-refractivity contribution in [1.29, 1.82) is 0 Å². The average molecular weight is 494 g/mol. The molecule has 7 fully saturated rings. The monoisotopic (exact) mass is 494 g/mol. The predicted molar refractivity (Wildman–Crippen MR) is 106 cm³/mol. The molecule has 6 aliphatic carbocycles. The normalized spacial score (nSPS) is 55.2. The number of alkyl halides is 5. The van der Waals surface area contributed by atoms with Crippen LogP contribution in [0.1, 0.15) is 58.8 Å². The second kappa shape index (κ2) is 6.85. The van der Waals surface area contributed by atoms with E-state index in [1.54, 1.807) is 0 Å². The molecule has 0 amide bonds. The molecule has 1 heterocycles. The molecule has 7 aliphatic rings. The first-order valence-electron chi connectivity index (χ1n) is 12.4. The summed E-state index contributed by atoms with van der Waals surface area (Å²) in [5.74, 6) is -10.0. The van der Waals surface area contributed by atoms with Crippen molar-refractivity contribution in [1.82, 2.24) is 0 Å². The number of ether oxygens (including phenoxy) is 3. The van der Waals surface area contributed by atoms with E-state index < -0.39 is 47.7 Å². The van der Waals surface area contributed by atoms with Gasteiger partial charge in [-0.05, 0) is 86.4 Å². The molecular weight excluding hydrogens is 463 g/mol. The predicted octanol–water partition coefficient (Wildman–Crippen LogP) is 4.67. The SMILES string of the molecule is CC1C2CC(C(=O)OC34CC5CC(C3)C3(OCOC(O)(C(F)(F)F)C3(F)F)C(C5)C4)C(C2)C1C. The van der Waals surface area contributed by atoms with Gasteiger partial charge in [0.05, 0.1) is 5.92 Å². The van der Waals surface area contributed by atoms with Crippen LogP contribution < -0.4 is 0 Å². The number of aliphatic hydroxyl groups is 1. The fourth-order valence-corrected chi connectivity index (χ4v) is 9.19. The van der Waals surface area contributed by atoms with Gasteiger partial charge in [0.2, 0.25) is 0 Å². The molecule has 1 spiro atoms. The molecule has 192 valence electrons. The third kappa shape index (κ3) is 2.68. The summed E-state index contributed by atoms with van der Waals surface area (Å²) in [5.41, 5.74) is -3.46. The molecule has 8 unspecified atom stereocenters. The minimum Gasteiger partial charge on any atom is -0.459 e. The molecule has 0 radical (unpaired) electrons. The highest BCUT2D eigenvalue weighted by Gasteiger charge is 2.85. The number of carbonyl (C=O) groups is 1. The van der Waals surface area contributed by atoms with Gasteiger partial charge in [0, 0.05) is 0 Å². The van der Waals surface area contributed by atoms with Gasteiger partial charge in [-0.25, -0.2) is 0 Å². The van der Waals surface area contributed by atoms with Gasteiger partial charge in [-0.15, -0.1) is 0 Å². The van der Waals surface area contributed by atoms with Gasteiger partial charge in [-0.2, -0.15) is 22.0 Å². The number of hydrogen-bond donors (Lipinski definition) is 1. The Hall–Kier alpha value is -1.00. The summed E-state index contributed by atoms with van der Waals surface area (Å²) < 4.78 is 87.7. The molecule has 6 bridgehead atoms. The van der Waals surface area contributed by atoms with Crippen LogP contribution in [0.3, 0.4) is 0 Å². The van der Waals surface area contributed by atoms with E-state index >= 15 is 8.78 Å². The topological polar surface area (TPSA) is 65.0 Å². The molecular formula is C24H31F5O5. The van der Waals surface area contributed by atoms with Crippen LogP contribution in [-0.2, 0) is 19.0 Å². The molecule has 1 aliphatic heterocycles.